The molecule has 0 aliphatic carbocycles. The Balaban J connectivity index is 2.95. The second-order valence-electron chi connectivity index (χ2n) is 4.59. The van der Waals surface area contributed by atoms with Gasteiger partial charge in [0.25, 0.3) is 0 Å². The van der Waals surface area contributed by atoms with E-state index >= 15 is 0 Å². The topological polar surface area (TPSA) is 69.2 Å². The van der Waals surface area contributed by atoms with Crippen molar-refractivity contribution in [3.8, 4) is 0 Å². The number of hydrogen-bond donors (Lipinski definition) is 2. The maximum absolute atomic E-state index is 8.55. The molecule has 0 rings (SSSR count). The molecule has 0 atom stereocenters. The Hall–Kier alpha value is -0.660. The zero-order valence-corrected chi connectivity index (χ0v) is 13.3. The lowest BCUT2D eigenvalue weighted by Gasteiger charge is -2.08. The number of aliphatic hydroxyl groups is 1. The Kier molecular flexibility index (Phi) is 16.8. The monoisotopic (exact) mass is 305 g/mol. The highest BCUT2D eigenvalue weighted by Gasteiger charge is 1.93. The third-order valence-electron chi connectivity index (χ3n) is 2.46. The van der Waals surface area contributed by atoms with Gasteiger partial charge >= 0.3 is 0 Å². The van der Waals surface area contributed by atoms with Crippen molar-refractivity contribution in [1.29, 1.82) is 0 Å². The fourth-order valence-corrected chi connectivity index (χ4v) is 1.40. The van der Waals surface area contributed by atoms with Gasteiger partial charge in [0.2, 0.25) is 0 Å². The van der Waals surface area contributed by atoms with E-state index in [1.165, 1.54) is 0 Å². The lowest BCUT2D eigenvalue weighted by atomic mass is 10.4. The van der Waals surface area contributed by atoms with Crippen molar-refractivity contribution in [3.63, 3.8) is 0 Å². The van der Waals surface area contributed by atoms with E-state index in [4.69, 9.17) is 24.1 Å². The van der Waals surface area contributed by atoms with Gasteiger partial charge in [-0.25, -0.2) is 0 Å². The normalized spacial score (nSPS) is 10.8. The van der Waals surface area contributed by atoms with Crippen LogP contribution in [0.15, 0.2) is 12.3 Å². The standard InChI is InChI=1S/C15H31NO5/c1-15(2)16-5-3-7-18-9-11-20-13-14-21-12-10-19-8-4-6-17/h16-17H,1,3-14H2,2H3. The Morgan fingerprint density at radius 3 is 1.67 bits per heavy atom. The summed E-state index contributed by atoms with van der Waals surface area (Å²) in [6, 6.07) is 0. The van der Waals surface area contributed by atoms with Crippen LogP contribution in [0.25, 0.3) is 0 Å². The second kappa shape index (κ2) is 17.4. The van der Waals surface area contributed by atoms with Crippen molar-refractivity contribution in [2.24, 2.45) is 0 Å². The van der Waals surface area contributed by atoms with Gasteiger partial charge in [0.05, 0.1) is 39.6 Å². The number of ether oxygens (including phenoxy) is 4. The van der Waals surface area contributed by atoms with Crippen LogP contribution in [0.1, 0.15) is 19.8 Å². The third-order valence-corrected chi connectivity index (χ3v) is 2.46. The van der Waals surface area contributed by atoms with Gasteiger partial charge in [-0.3, -0.25) is 0 Å². The van der Waals surface area contributed by atoms with Gasteiger partial charge in [0, 0.05) is 32.1 Å². The highest BCUT2D eigenvalue weighted by Crippen LogP contribution is 1.86. The fourth-order valence-electron chi connectivity index (χ4n) is 1.40. The molecule has 6 heteroatoms. The highest BCUT2D eigenvalue weighted by atomic mass is 16.6. The Morgan fingerprint density at radius 1 is 0.810 bits per heavy atom. The van der Waals surface area contributed by atoms with Crippen molar-refractivity contribution >= 4 is 0 Å². The van der Waals surface area contributed by atoms with Crippen LogP contribution in [-0.2, 0) is 18.9 Å². The van der Waals surface area contributed by atoms with Crippen LogP contribution in [0, 0.1) is 0 Å². The Bertz CT molecular complexity index is 226. The van der Waals surface area contributed by atoms with E-state index in [2.05, 4.69) is 11.9 Å². The SMILES string of the molecule is C=C(C)NCCCOCCOCCOCCOCCCO. The van der Waals surface area contributed by atoms with Gasteiger partial charge in [0.1, 0.15) is 0 Å². The molecule has 0 amide bonds. The first-order valence-electron chi connectivity index (χ1n) is 7.58. The summed E-state index contributed by atoms with van der Waals surface area (Å²) in [4.78, 5) is 0. The largest absolute Gasteiger partial charge is 0.396 e. The minimum absolute atomic E-state index is 0.168. The van der Waals surface area contributed by atoms with Gasteiger partial charge in [-0.2, -0.15) is 0 Å². The molecule has 0 aliphatic heterocycles. The number of aliphatic hydroxyl groups excluding tert-OH is 1. The lowest BCUT2D eigenvalue weighted by Crippen LogP contribution is -2.15. The number of nitrogens with one attached hydrogen (secondary N) is 1. The molecule has 0 aromatic heterocycles. The third kappa shape index (κ3) is 19.3. The summed E-state index contributed by atoms with van der Waals surface area (Å²) in [7, 11) is 0. The minimum atomic E-state index is 0.168. The predicted molar refractivity (Wildman–Crippen MR) is 82.4 cm³/mol. The zero-order chi connectivity index (χ0) is 15.6. The van der Waals surface area contributed by atoms with Gasteiger partial charge in [-0.15, -0.1) is 0 Å². The molecule has 0 heterocycles. The van der Waals surface area contributed by atoms with Crippen molar-refractivity contribution in [3.05, 3.63) is 12.3 Å². The van der Waals surface area contributed by atoms with Gasteiger partial charge in [-0.1, -0.05) is 6.58 Å². The molecule has 0 aromatic rings. The summed E-state index contributed by atoms with van der Waals surface area (Å²) in [6.45, 7) is 11.5. The smallest absolute Gasteiger partial charge is 0.0701 e. The van der Waals surface area contributed by atoms with Gasteiger partial charge in [0.15, 0.2) is 0 Å². The number of allylic oxidation sites excluding steroid dienone is 1. The first-order valence-corrected chi connectivity index (χ1v) is 7.58. The molecule has 0 saturated carbocycles. The molecule has 126 valence electrons. The van der Waals surface area contributed by atoms with Crippen LogP contribution in [0.3, 0.4) is 0 Å². The van der Waals surface area contributed by atoms with E-state index in [1.807, 2.05) is 6.92 Å². The molecule has 0 fully saturated rings. The second-order valence-corrected chi connectivity index (χ2v) is 4.59. The summed E-state index contributed by atoms with van der Waals surface area (Å²) in [6.07, 6.45) is 1.64. The van der Waals surface area contributed by atoms with Crippen LogP contribution < -0.4 is 5.32 Å². The molecule has 0 radical (unpaired) electrons. The van der Waals surface area contributed by atoms with Crippen molar-refractivity contribution in [2.45, 2.75) is 19.8 Å². The molecule has 2 N–H and O–H groups in total. The zero-order valence-electron chi connectivity index (χ0n) is 13.3. The molecule has 0 aromatic carbocycles. The van der Waals surface area contributed by atoms with E-state index < -0.39 is 0 Å². The molecule has 6 nitrogen and oxygen atoms in total. The average molecular weight is 305 g/mol. The van der Waals surface area contributed by atoms with Crippen molar-refractivity contribution in [2.75, 3.05) is 66.0 Å². The maximum Gasteiger partial charge on any atom is 0.0701 e. The molecule has 0 bridgehead atoms. The molecule has 0 aliphatic rings. The molecule has 0 spiro atoms. The summed E-state index contributed by atoms with van der Waals surface area (Å²) in [5.74, 6) is 0. The van der Waals surface area contributed by atoms with Gasteiger partial charge in [-0.05, 0) is 19.8 Å². The first kappa shape index (κ1) is 20.3. The Morgan fingerprint density at radius 2 is 1.24 bits per heavy atom. The van der Waals surface area contributed by atoms with Gasteiger partial charge < -0.3 is 29.4 Å². The first-order chi connectivity index (χ1) is 10.3. The van der Waals surface area contributed by atoms with E-state index in [-0.39, 0.29) is 6.61 Å². The van der Waals surface area contributed by atoms with Crippen LogP contribution >= 0.6 is 0 Å². The van der Waals surface area contributed by atoms with Crippen LogP contribution in [0.4, 0.5) is 0 Å². The molecule has 0 saturated heterocycles. The molecular formula is C15H31NO5. The predicted octanol–water partition coefficient (Wildman–Crippen LogP) is 0.949. The van der Waals surface area contributed by atoms with Crippen LogP contribution in [0.2, 0.25) is 0 Å². The van der Waals surface area contributed by atoms with E-state index in [9.17, 15) is 0 Å². The Labute approximate surface area is 128 Å². The van der Waals surface area contributed by atoms with Crippen molar-refractivity contribution in [1.82, 2.24) is 5.32 Å². The molecular weight excluding hydrogens is 274 g/mol. The lowest BCUT2D eigenvalue weighted by molar-refractivity contribution is -0.00306. The van der Waals surface area contributed by atoms with E-state index in [0.29, 0.717) is 52.7 Å². The highest BCUT2D eigenvalue weighted by molar-refractivity contribution is 4.83. The summed E-state index contributed by atoms with van der Waals surface area (Å²) in [5, 5.41) is 11.7. The summed E-state index contributed by atoms with van der Waals surface area (Å²) < 4.78 is 21.3. The van der Waals surface area contributed by atoms with E-state index in [1.54, 1.807) is 0 Å². The molecule has 0 unspecified atom stereocenters. The quantitative estimate of drug-likeness (QED) is 0.390. The average Bonchev–Trinajstić information content (AvgIpc) is 2.46. The summed E-state index contributed by atoms with van der Waals surface area (Å²) in [5.41, 5.74) is 0.983. The minimum Gasteiger partial charge on any atom is -0.396 e. The maximum atomic E-state index is 8.55. The summed E-state index contributed by atoms with van der Waals surface area (Å²) >= 11 is 0. The fraction of sp³-hybridized carbons (Fsp3) is 0.867. The van der Waals surface area contributed by atoms with Crippen molar-refractivity contribution < 1.29 is 24.1 Å². The molecule has 21 heavy (non-hydrogen) atoms. The number of hydrogen-bond acceptors (Lipinski definition) is 6. The van der Waals surface area contributed by atoms with E-state index in [0.717, 1.165) is 25.3 Å². The van der Waals surface area contributed by atoms with Crippen LogP contribution in [-0.4, -0.2) is 71.1 Å². The number of rotatable bonds is 17. The van der Waals surface area contributed by atoms with Crippen LogP contribution in [0.5, 0.6) is 0 Å².